The van der Waals surface area contributed by atoms with Crippen molar-refractivity contribution in [2.24, 2.45) is 17.8 Å². The highest BCUT2D eigenvalue weighted by Crippen LogP contribution is 2.46. The molecule has 0 aromatic carbocycles. The summed E-state index contributed by atoms with van der Waals surface area (Å²) in [5.41, 5.74) is 2.38. The number of fused-ring (bicyclic) bond motifs is 1. The second-order valence-electron chi connectivity index (χ2n) is 6.18. The van der Waals surface area contributed by atoms with Crippen molar-refractivity contribution in [2.75, 3.05) is 0 Å². The summed E-state index contributed by atoms with van der Waals surface area (Å²) in [5, 5.41) is 10.2. The lowest BCUT2D eigenvalue weighted by atomic mass is 9.79. The van der Waals surface area contributed by atoms with E-state index in [1.807, 2.05) is 13.8 Å². The Bertz CT molecular complexity index is 319. The summed E-state index contributed by atoms with van der Waals surface area (Å²) >= 11 is 0. The van der Waals surface area contributed by atoms with Crippen LogP contribution in [0.15, 0.2) is 23.8 Å². The van der Waals surface area contributed by atoms with Gasteiger partial charge in [0.25, 0.3) is 0 Å². The first-order valence-corrected chi connectivity index (χ1v) is 6.46. The lowest BCUT2D eigenvalue weighted by molar-refractivity contribution is 0.00604. The summed E-state index contributed by atoms with van der Waals surface area (Å²) in [6, 6.07) is 0. The maximum absolute atomic E-state index is 10.2. The van der Waals surface area contributed by atoms with Crippen molar-refractivity contribution in [1.29, 1.82) is 0 Å². The first-order chi connectivity index (χ1) is 7.39. The van der Waals surface area contributed by atoms with Crippen molar-refractivity contribution in [1.82, 2.24) is 0 Å². The number of rotatable bonds is 1. The van der Waals surface area contributed by atoms with Crippen LogP contribution in [0, 0.1) is 17.8 Å². The Morgan fingerprint density at radius 1 is 1.38 bits per heavy atom. The summed E-state index contributed by atoms with van der Waals surface area (Å²) < 4.78 is 0. The molecule has 1 N–H and O–H groups in total. The molecule has 3 atom stereocenters. The van der Waals surface area contributed by atoms with E-state index in [0.29, 0.717) is 17.8 Å². The zero-order valence-electron chi connectivity index (χ0n) is 10.8. The molecule has 2 aliphatic carbocycles. The number of aliphatic hydroxyl groups is 1. The smallest absolute Gasteiger partial charge is 0.0620 e. The van der Waals surface area contributed by atoms with Crippen molar-refractivity contribution in [3.63, 3.8) is 0 Å². The van der Waals surface area contributed by atoms with Crippen LogP contribution in [0.25, 0.3) is 0 Å². The molecule has 0 bridgehead atoms. The SMILES string of the molecule is C=C1CC[C@H](C(C)(C)O)C[C@H]2C(C)=CC[C@H]12. The van der Waals surface area contributed by atoms with Crippen LogP contribution in [0.3, 0.4) is 0 Å². The molecule has 0 spiro atoms. The molecule has 0 aromatic rings. The molecule has 16 heavy (non-hydrogen) atoms. The van der Waals surface area contributed by atoms with Crippen LogP contribution >= 0.6 is 0 Å². The fourth-order valence-electron chi connectivity index (χ4n) is 3.36. The van der Waals surface area contributed by atoms with Crippen molar-refractivity contribution in [3.05, 3.63) is 23.8 Å². The highest BCUT2D eigenvalue weighted by Gasteiger charge is 2.38. The summed E-state index contributed by atoms with van der Waals surface area (Å²) in [4.78, 5) is 0. The Kier molecular flexibility index (Phi) is 3.00. The van der Waals surface area contributed by atoms with Gasteiger partial charge in [-0.05, 0) is 64.2 Å². The first kappa shape index (κ1) is 11.9. The van der Waals surface area contributed by atoms with Crippen LogP contribution in [0.4, 0.5) is 0 Å². The van der Waals surface area contributed by atoms with Crippen molar-refractivity contribution in [2.45, 2.75) is 52.1 Å². The van der Waals surface area contributed by atoms with Gasteiger partial charge in [-0.15, -0.1) is 0 Å². The molecule has 0 amide bonds. The van der Waals surface area contributed by atoms with Gasteiger partial charge in [0.2, 0.25) is 0 Å². The molecule has 1 fully saturated rings. The van der Waals surface area contributed by atoms with Crippen LogP contribution in [0.1, 0.15) is 46.5 Å². The summed E-state index contributed by atoms with van der Waals surface area (Å²) in [7, 11) is 0. The fraction of sp³-hybridized carbons (Fsp3) is 0.733. The molecule has 90 valence electrons. The van der Waals surface area contributed by atoms with Crippen LogP contribution in [0.5, 0.6) is 0 Å². The van der Waals surface area contributed by atoms with Crippen molar-refractivity contribution < 1.29 is 5.11 Å². The second-order valence-corrected chi connectivity index (χ2v) is 6.18. The average molecular weight is 220 g/mol. The standard InChI is InChI=1S/C15H24O/c1-10-5-7-12(15(3,4)16)9-14-11(2)6-8-13(10)14/h6,12-14,16H,1,5,7-9H2,2-4H3/t12-,13+,14-/m0/s1. The topological polar surface area (TPSA) is 20.2 Å². The molecule has 1 heteroatoms. The molecular weight excluding hydrogens is 196 g/mol. The quantitative estimate of drug-likeness (QED) is 0.668. The third kappa shape index (κ3) is 2.10. The molecule has 0 saturated heterocycles. The molecule has 2 rings (SSSR count). The minimum atomic E-state index is -0.544. The summed E-state index contributed by atoms with van der Waals surface area (Å²) in [6.07, 6.45) is 6.87. The number of hydrogen-bond donors (Lipinski definition) is 1. The van der Waals surface area contributed by atoms with Gasteiger partial charge in [-0.1, -0.05) is 23.8 Å². The maximum atomic E-state index is 10.2. The molecule has 2 aliphatic rings. The van der Waals surface area contributed by atoms with E-state index in [9.17, 15) is 5.11 Å². The molecule has 0 unspecified atom stereocenters. The Labute approximate surface area is 99.3 Å². The molecule has 0 aromatic heterocycles. The summed E-state index contributed by atoms with van der Waals surface area (Å²) in [6.45, 7) is 10.4. The van der Waals surface area contributed by atoms with Crippen molar-refractivity contribution in [3.8, 4) is 0 Å². The van der Waals surface area contributed by atoms with E-state index < -0.39 is 5.60 Å². The molecule has 0 radical (unpaired) electrons. The molecule has 0 heterocycles. The Morgan fingerprint density at radius 3 is 2.69 bits per heavy atom. The Balaban J connectivity index is 2.20. The van der Waals surface area contributed by atoms with Crippen LogP contribution in [-0.4, -0.2) is 10.7 Å². The Hall–Kier alpha value is -0.560. The van der Waals surface area contributed by atoms with E-state index in [2.05, 4.69) is 19.6 Å². The molecule has 1 saturated carbocycles. The zero-order valence-corrected chi connectivity index (χ0v) is 10.8. The van der Waals surface area contributed by atoms with Gasteiger partial charge in [0.05, 0.1) is 5.60 Å². The van der Waals surface area contributed by atoms with Gasteiger partial charge in [0.1, 0.15) is 0 Å². The lowest BCUT2D eigenvalue weighted by Crippen LogP contribution is -2.32. The minimum Gasteiger partial charge on any atom is -0.390 e. The Morgan fingerprint density at radius 2 is 2.06 bits per heavy atom. The van der Waals surface area contributed by atoms with Gasteiger partial charge in [-0.2, -0.15) is 0 Å². The zero-order chi connectivity index (χ0) is 11.9. The third-order valence-electron chi connectivity index (χ3n) is 4.64. The molecule has 0 aliphatic heterocycles. The molecule has 1 nitrogen and oxygen atoms in total. The van der Waals surface area contributed by atoms with E-state index in [1.54, 1.807) is 0 Å². The maximum Gasteiger partial charge on any atom is 0.0620 e. The minimum absolute atomic E-state index is 0.417. The predicted molar refractivity (Wildman–Crippen MR) is 68.1 cm³/mol. The van der Waals surface area contributed by atoms with Crippen LogP contribution in [0.2, 0.25) is 0 Å². The highest BCUT2D eigenvalue weighted by atomic mass is 16.3. The van der Waals surface area contributed by atoms with Gasteiger partial charge in [-0.3, -0.25) is 0 Å². The van der Waals surface area contributed by atoms with Gasteiger partial charge >= 0.3 is 0 Å². The first-order valence-electron chi connectivity index (χ1n) is 6.46. The highest BCUT2D eigenvalue weighted by molar-refractivity contribution is 5.22. The van der Waals surface area contributed by atoms with Crippen LogP contribution < -0.4 is 0 Å². The van der Waals surface area contributed by atoms with E-state index in [4.69, 9.17) is 0 Å². The second kappa shape index (κ2) is 4.03. The lowest BCUT2D eigenvalue weighted by Gasteiger charge is -2.31. The summed E-state index contributed by atoms with van der Waals surface area (Å²) in [5.74, 6) is 1.72. The van der Waals surface area contributed by atoms with E-state index in [0.717, 1.165) is 19.3 Å². The largest absolute Gasteiger partial charge is 0.390 e. The normalized spacial score (nSPS) is 35.6. The average Bonchev–Trinajstić information content (AvgIpc) is 2.42. The van der Waals surface area contributed by atoms with E-state index >= 15 is 0 Å². The van der Waals surface area contributed by atoms with Gasteiger partial charge in [0.15, 0.2) is 0 Å². The fourth-order valence-corrected chi connectivity index (χ4v) is 3.36. The van der Waals surface area contributed by atoms with Gasteiger partial charge < -0.3 is 5.11 Å². The van der Waals surface area contributed by atoms with Gasteiger partial charge in [0, 0.05) is 0 Å². The van der Waals surface area contributed by atoms with E-state index in [-0.39, 0.29) is 0 Å². The molecular formula is C15H24O. The van der Waals surface area contributed by atoms with Crippen LogP contribution in [-0.2, 0) is 0 Å². The number of allylic oxidation sites excluding steroid dienone is 3. The van der Waals surface area contributed by atoms with Crippen molar-refractivity contribution >= 4 is 0 Å². The third-order valence-corrected chi connectivity index (χ3v) is 4.64. The van der Waals surface area contributed by atoms with Gasteiger partial charge in [-0.25, -0.2) is 0 Å². The monoisotopic (exact) mass is 220 g/mol. The number of hydrogen-bond acceptors (Lipinski definition) is 1. The predicted octanol–water partition coefficient (Wildman–Crippen LogP) is 3.70. The van der Waals surface area contributed by atoms with E-state index in [1.165, 1.54) is 17.6 Å².